The number of likely N-dealkylation sites (tertiary alicyclic amines) is 1. The second-order valence-electron chi connectivity index (χ2n) is 6.90. The van der Waals surface area contributed by atoms with E-state index in [0.29, 0.717) is 6.61 Å². The van der Waals surface area contributed by atoms with Gasteiger partial charge >= 0.3 is 0 Å². The van der Waals surface area contributed by atoms with Crippen LogP contribution in [-0.4, -0.2) is 47.5 Å². The first-order valence-electron chi connectivity index (χ1n) is 9.11. The third-order valence-corrected chi connectivity index (χ3v) is 4.85. The number of aliphatic hydroxyl groups excluding tert-OH is 2. The molecule has 0 amide bonds. The summed E-state index contributed by atoms with van der Waals surface area (Å²) in [5.41, 5.74) is 2.20. The summed E-state index contributed by atoms with van der Waals surface area (Å²) in [5, 5.41) is 19.2. The fraction of sp³-hybridized carbons (Fsp3) is 0.429. The number of nitrogens with zero attached hydrogens (tertiary/aromatic N) is 1. The highest BCUT2D eigenvalue weighted by Gasteiger charge is 2.27. The molecule has 0 radical (unpaired) electrons. The van der Waals surface area contributed by atoms with Crippen molar-refractivity contribution >= 4 is 0 Å². The molecule has 3 rings (SSSR count). The van der Waals surface area contributed by atoms with Crippen molar-refractivity contribution in [2.45, 2.75) is 25.5 Å². The second kappa shape index (κ2) is 9.12. The van der Waals surface area contributed by atoms with Gasteiger partial charge in [0.2, 0.25) is 0 Å². The maximum atomic E-state index is 13.1. The van der Waals surface area contributed by atoms with E-state index >= 15 is 0 Å². The average molecular weight is 359 g/mol. The van der Waals surface area contributed by atoms with Gasteiger partial charge in [-0.1, -0.05) is 24.3 Å². The van der Waals surface area contributed by atoms with E-state index < -0.39 is 0 Å². The van der Waals surface area contributed by atoms with E-state index in [9.17, 15) is 9.50 Å². The van der Waals surface area contributed by atoms with E-state index in [-0.39, 0.29) is 24.4 Å². The van der Waals surface area contributed by atoms with E-state index in [1.165, 1.54) is 12.1 Å². The van der Waals surface area contributed by atoms with Gasteiger partial charge in [-0.15, -0.1) is 0 Å². The molecule has 1 aliphatic rings. The largest absolute Gasteiger partial charge is 0.491 e. The van der Waals surface area contributed by atoms with Crippen LogP contribution in [0.1, 0.15) is 17.5 Å². The lowest BCUT2D eigenvalue weighted by Gasteiger charge is -2.36. The molecular weight excluding hydrogens is 333 g/mol. The van der Waals surface area contributed by atoms with Crippen molar-refractivity contribution in [3.63, 3.8) is 0 Å². The highest BCUT2D eigenvalue weighted by Crippen LogP contribution is 2.24. The molecule has 2 aromatic carbocycles. The summed E-state index contributed by atoms with van der Waals surface area (Å²) in [6.07, 6.45) is 1.17. The topological polar surface area (TPSA) is 52.9 Å². The van der Waals surface area contributed by atoms with Gasteiger partial charge in [0.1, 0.15) is 18.2 Å². The van der Waals surface area contributed by atoms with Crippen molar-refractivity contribution in [1.82, 2.24) is 4.90 Å². The molecule has 2 N–H and O–H groups in total. The van der Waals surface area contributed by atoms with E-state index in [1.54, 1.807) is 12.1 Å². The fourth-order valence-electron chi connectivity index (χ4n) is 3.52. The van der Waals surface area contributed by atoms with Crippen LogP contribution in [0.4, 0.5) is 4.39 Å². The number of benzene rings is 2. The minimum absolute atomic E-state index is 0.000688. The highest BCUT2D eigenvalue weighted by molar-refractivity contribution is 5.28. The minimum atomic E-state index is -0.324. The van der Waals surface area contributed by atoms with Crippen molar-refractivity contribution < 1.29 is 19.3 Å². The van der Waals surface area contributed by atoms with Crippen molar-refractivity contribution in [2.24, 2.45) is 5.92 Å². The van der Waals surface area contributed by atoms with Gasteiger partial charge in [0.15, 0.2) is 0 Å². The predicted octanol–water partition coefficient (Wildman–Crippen LogP) is 2.62. The number of hydrogen-bond donors (Lipinski definition) is 2. The zero-order valence-corrected chi connectivity index (χ0v) is 14.9. The fourth-order valence-corrected chi connectivity index (χ4v) is 3.52. The van der Waals surface area contributed by atoms with Crippen LogP contribution in [-0.2, 0) is 13.0 Å². The molecule has 0 spiro atoms. The lowest BCUT2D eigenvalue weighted by molar-refractivity contribution is 0.0239. The molecule has 0 saturated carbocycles. The maximum Gasteiger partial charge on any atom is 0.123 e. The van der Waals surface area contributed by atoms with Crippen LogP contribution >= 0.6 is 0 Å². The van der Waals surface area contributed by atoms with E-state index in [1.807, 2.05) is 18.2 Å². The molecule has 140 valence electrons. The molecule has 2 atom stereocenters. The van der Waals surface area contributed by atoms with Crippen LogP contribution in [0, 0.1) is 11.7 Å². The first kappa shape index (κ1) is 18.8. The molecule has 0 bridgehead atoms. The Morgan fingerprint density at radius 1 is 1.12 bits per heavy atom. The Kier molecular flexibility index (Phi) is 6.61. The molecule has 1 fully saturated rings. The van der Waals surface area contributed by atoms with Crippen molar-refractivity contribution in [3.8, 4) is 5.75 Å². The Labute approximate surface area is 153 Å². The molecule has 0 unspecified atom stereocenters. The molecule has 0 aromatic heterocycles. The standard InChI is InChI=1S/C21H26FNO3/c22-19-6-4-16(5-7-19)12-18-15-23(9-8-21(18)25)14-17-2-1-3-20(13-17)26-11-10-24/h1-7,13,18,21,24-25H,8-12,14-15H2/t18-,21+/m1/s1. The zero-order chi connectivity index (χ0) is 18.4. The summed E-state index contributed by atoms with van der Waals surface area (Å²) in [7, 11) is 0. The van der Waals surface area contributed by atoms with Gasteiger partial charge in [0.05, 0.1) is 12.7 Å². The Balaban J connectivity index is 1.59. The lowest BCUT2D eigenvalue weighted by atomic mass is 9.88. The molecule has 1 saturated heterocycles. The van der Waals surface area contributed by atoms with Gasteiger partial charge in [-0.2, -0.15) is 0 Å². The van der Waals surface area contributed by atoms with E-state index in [2.05, 4.69) is 11.0 Å². The summed E-state index contributed by atoms with van der Waals surface area (Å²) in [4.78, 5) is 2.34. The number of hydrogen-bond acceptors (Lipinski definition) is 4. The molecular formula is C21H26FNO3. The van der Waals surface area contributed by atoms with Crippen molar-refractivity contribution in [1.29, 1.82) is 0 Å². The van der Waals surface area contributed by atoms with Crippen molar-refractivity contribution in [3.05, 3.63) is 65.5 Å². The van der Waals surface area contributed by atoms with Gasteiger partial charge in [0, 0.05) is 25.6 Å². The van der Waals surface area contributed by atoms with E-state index in [0.717, 1.165) is 49.4 Å². The molecule has 26 heavy (non-hydrogen) atoms. The third-order valence-electron chi connectivity index (χ3n) is 4.85. The van der Waals surface area contributed by atoms with Gasteiger partial charge < -0.3 is 14.9 Å². The SMILES string of the molecule is OCCOc1cccc(CN2CC[C@H](O)[C@H](Cc3ccc(F)cc3)C2)c1. The number of rotatable bonds is 7. The van der Waals surface area contributed by atoms with Gasteiger partial charge in [-0.05, 0) is 48.2 Å². The van der Waals surface area contributed by atoms with E-state index in [4.69, 9.17) is 9.84 Å². The summed E-state index contributed by atoms with van der Waals surface area (Å²) >= 11 is 0. The molecule has 5 heteroatoms. The van der Waals surface area contributed by atoms with Gasteiger partial charge in [-0.3, -0.25) is 4.90 Å². The second-order valence-corrected chi connectivity index (χ2v) is 6.90. The third kappa shape index (κ3) is 5.27. The Hall–Kier alpha value is -1.95. The normalized spacial score (nSPS) is 20.9. The van der Waals surface area contributed by atoms with Crippen LogP contribution < -0.4 is 4.74 Å². The number of aliphatic hydroxyl groups is 2. The van der Waals surface area contributed by atoms with Crippen LogP contribution in [0.15, 0.2) is 48.5 Å². The molecule has 2 aromatic rings. The number of halogens is 1. The smallest absolute Gasteiger partial charge is 0.123 e. The quantitative estimate of drug-likeness (QED) is 0.798. The first-order chi connectivity index (χ1) is 12.6. The molecule has 0 aliphatic carbocycles. The van der Waals surface area contributed by atoms with Gasteiger partial charge in [0.25, 0.3) is 0 Å². The number of piperidine rings is 1. The monoisotopic (exact) mass is 359 g/mol. The summed E-state index contributed by atoms with van der Waals surface area (Å²) in [6.45, 7) is 2.74. The van der Waals surface area contributed by atoms with Crippen LogP contribution in [0.2, 0.25) is 0 Å². The van der Waals surface area contributed by atoms with Gasteiger partial charge in [-0.25, -0.2) is 4.39 Å². The number of ether oxygens (including phenoxy) is 1. The lowest BCUT2D eigenvalue weighted by Crippen LogP contribution is -2.43. The zero-order valence-electron chi connectivity index (χ0n) is 14.9. The summed E-state index contributed by atoms with van der Waals surface area (Å²) in [6, 6.07) is 14.4. The highest BCUT2D eigenvalue weighted by atomic mass is 19.1. The Morgan fingerprint density at radius 2 is 1.92 bits per heavy atom. The van der Waals surface area contributed by atoms with Crippen LogP contribution in [0.5, 0.6) is 5.75 Å². The molecule has 4 nitrogen and oxygen atoms in total. The summed E-state index contributed by atoms with van der Waals surface area (Å²) in [5.74, 6) is 0.669. The Morgan fingerprint density at radius 3 is 2.69 bits per heavy atom. The minimum Gasteiger partial charge on any atom is -0.491 e. The Bertz CT molecular complexity index is 692. The first-order valence-corrected chi connectivity index (χ1v) is 9.11. The molecule has 1 aliphatic heterocycles. The van der Waals surface area contributed by atoms with Crippen molar-refractivity contribution in [2.75, 3.05) is 26.3 Å². The van der Waals surface area contributed by atoms with Crippen LogP contribution in [0.3, 0.4) is 0 Å². The molecule has 1 heterocycles. The van der Waals surface area contributed by atoms with Crippen LogP contribution in [0.25, 0.3) is 0 Å². The average Bonchev–Trinajstić information content (AvgIpc) is 2.65. The predicted molar refractivity (Wildman–Crippen MR) is 98.5 cm³/mol. The maximum absolute atomic E-state index is 13.1. The summed E-state index contributed by atoms with van der Waals surface area (Å²) < 4.78 is 18.5.